The molecule has 1 saturated heterocycles. The van der Waals surface area contributed by atoms with E-state index < -0.39 is 11.8 Å². The van der Waals surface area contributed by atoms with Crippen LogP contribution in [0.1, 0.15) is 25.8 Å². The number of nitrogens with zero attached hydrogens (tertiary/aromatic N) is 1. The normalized spacial score (nSPS) is 16.2. The highest BCUT2D eigenvalue weighted by Gasteiger charge is 2.34. The summed E-state index contributed by atoms with van der Waals surface area (Å²) >= 11 is 5.23. The van der Waals surface area contributed by atoms with Crippen molar-refractivity contribution < 1.29 is 23.8 Å². The summed E-state index contributed by atoms with van der Waals surface area (Å²) in [4.78, 5) is 26.9. The van der Waals surface area contributed by atoms with Gasteiger partial charge in [-0.05, 0) is 73.6 Å². The van der Waals surface area contributed by atoms with Crippen LogP contribution in [-0.4, -0.2) is 37.3 Å². The second-order valence-electron chi connectivity index (χ2n) is 6.90. The summed E-state index contributed by atoms with van der Waals surface area (Å²) in [6, 6.07) is 12.1. The minimum absolute atomic E-state index is 0.0206. The Bertz CT molecular complexity index is 1030. The van der Waals surface area contributed by atoms with E-state index in [0.29, 0.717) is 28.5 Å². The third-order valence-corrected chi connectivity index (χ3v) is 5.12. The van der Waals surface area contributed by atoms with Gasteiger partial charge in [0.1, 0.15) is 11.3 Å². The number of ether oxygens (including phenoxy) is 3. The molecule has 2 amide bonds. The average Bonchev–Trinajstić information content (AvgIpc) is 2.77. The van der Waals surface area contributed by atoms with Gasteiger partial charge in [0.15, 0.2) is 16.6 Å². The largest absolute Gasteiger partial charge is 0.497 e. The van der Waals surface area contributed by atoms with Crippen LogP contribution in [0.25, 0.3) is 6.08 Å². The molecule has 0 aromatic heterocycles. The number of amides is 2. The Kier molecular flexibility index (Phi) is 6.91. The summed E-state index contributed by atoms with van der Waals surface area (Å²) in [6.45, 7) is 4.00. The van der Waals surface area contributed by atoms with Gasteiger partial charge in [-0.2, -0.15) is 0 Å². The fourth-order valence-corrected chi connectivity index (χ4v) is 3.24. The zero-order valence-electron chi connectivity index (χ0n) is 17.8. The van der Waals surface area contributed by atoms with E-state index in [0.717, 1.165) is 6.42 Å². The molecule has 3 rings (SSSR count). The van der Waals surface area contributed by atoms with E-state index in [1.165, 1.54) is 18.1 Å². The smallest absolute Gasteiger partial charge is 0.270 e. The Balaban J connectivity index is 1.93. The van der Waals surface area contributed by atoms with Crippen molar-refractivity contribution in [1.29, 1.82) is 0 Å². The average molecular weight is 441 g/mol. The van der Waals surface area contributed by atoms with E-state index in [4.69, 9.17) is 26.4 Å². The Labute approximate surface area is 186 Å². The number of anilines is 1. The van der Waals surface area contributed by atoms with Gasteiger partial charge in [-0.15, -0.1) is 0 Å². The molecular formula is C23H24N2O5S. The highest BCUT2D eigenvalue weighted by atomic mass is 32.1. The van der Waals surface area contributed by atoms with Crippen LogP contribution >= 0.6 is 12.2 Å². The van der Waals surface area contributed by atoms with Gasteiger partial charge in [-0.25, -0.2) is 0 Å². The Hall–Kier alpha value is -3.39. The number of carbonyl (C=O) groups excluding carboxylic acids is 2. The zero-order chi connectivity index (χ0) is 22.5. The molecule has 162 valence electrons. The van der Waals surface area contributed by atoms with Crippen LogP contribution < -0.4 is 24.4 Å². The van der Waals surface area contributed by atoms with Crippen molar-refractivity contribution in [2.75, 3.05) is 19.1 Å². The van der Waals surface area contributed by atoms with Crippen LogP contribution in [0.2, 0.25) is 0 Å². The Morgan fingerprint density at radius 2 is 1.77 bits per heavy atom. The molecule has 1 fully saturated rings. The molecule has 0 bridgehead atoms. The van der Waals surface area contributed by atoms with Crippen LogP contribution in [0.3, 0.4) is 0 Å². The topological polar surface area (TPSA) is 77.1 Å². The summed E-state index contributed by atoms with van der Waals surface area (Å²) < 4.78 is 16.4. The molecule has 7 nitrogen and oxygen atoms in total. The van der Waals surface area contributed by atoms with Crippen molar-refractivity contribution >= 4 is 40.9 Å². The molecular weight excluding hydrogens is 416 g/mol. The second kappa shape index (κ2) is 9.61. The van der Waals surface area contributed by atoms with Crippen LogP contribution in [0.4, 0.5) is 5.69 Å². The molecule has 8 heteroatoms. The summed E-state index contributed by atoms with van der Waals surface area (Å²) in [6.07, 6.45) is 2.39. The van der Waals surface area contributed by atoms with E-state index in [-0.39, 0.29) is 16.8 Å². The van der Waals surface area contributed by atoms with Crippen molar-refractivity contribution in [2.45, 2.75) is 26.4 Å². The molecule has 1 unspecified atom stereocenters. The number of hydrogen-bond donors (Lipinski definition) is 1. The van der Waals surface area contributed by atoms with Crippen LogP contribution in [0.15, 0.2) is 48.0 Å². The number of rotatable bonds is 7. The van der Waals surface area contributed by atoms with Gasteiger partial charge >= 0.3 is 0 Å². The first-order valence-corrected chi connectivity index (χ1v) is 10.2. The summed E-state index contributed by atoms with van der Waals surface area (Å²) in [5.74, 6) is 0.683. The van der Waals surface area contributed by atoms with Crippen molar-refractivity contribution in [1.82, 2.24) is 5.32 Å². The molecule has 1 aliphatic heterocycles. The van der Waals surface area contributed by atoms with Gasteiger partial charge in [0.05, 0.1) is 26.0 Å². The van der Waals surface area contributed by atoms with E-state index in [1.54, 1.807) is 49.6 Å². The molecule has 0 spiro atoms. The van der Waals surface area contributed by atoms with Gasteiger partial charge in [0.2, 0.25) is 0 Å². The second-order valence-corrected chi connectivity index (χ2v) is 7.29. The lowest BCUT2D eigenvalue weighted by Crippen LogP contribution is -2.54. The molecule has 1 N–H and O–H groups in total. The van der Waals surface area contributed by atoms with Gasteiger partial charge in [0, 0.05) is 0 Å². The molecule has 1 atom stereocenters. The molecule has 0 aliphatic carbocycles. The molecule has 1 aliphatic rings. The molecule has 0 saturated carbocycles. The highest BCUT2D eigenvalue weighted by molar-refractivity contribution is 7.80. The maximum absolute atomic E-state index is 13.1. The standard InChI is InChI=1S/C23H24N2O5S/c1-5-14(2)30-19-11-6-15(13-20(19)29-4)12-18-21(26)24-23(31)25(22(18)27)16-7-9-17(28-3)10-8-16/h6-14H,5H2,1-4H3,(H,24,26,31)/b18-12+. The monoisotopic (exact) mass is 440 g/mol. The van der Waals surface area contributed by atoms with Crippen LogP contribution in [0, 0.1) is 0 Å². The lowest BCUT2D eigenvalue weighted by atomic mass is 10.1. The summed E-state index contributed by atoms with van der Waals surface area (Å²) in [5.41, 5.74) is 1.10. The Morgan fingerprint density at radius 3 is 2.39 bits per heavy atom. The predicted octanol–water partition coefficient (Wildman–Crippen LogP) is 3.71. The quantitative estimate of drug-likeness (QED) is 0.402. The molecule has 2 aromatic carbocycles. The third-order valence-electron chi connectivity index (χ3n) is 4.83. The minimum Gasteiger partial charge on any atom is -0.497 e. The van der Waals surface area contributed by atoms with Crippen LogP contribution in [0.5, 0.6) is 17.2 Å². The van der Waals surface area contributed by atoms with Gasteiger partial charge in [-0.3, -0.25) is 19.8 Å². The summed E-state index contributed by atoms with van der Waals surface area (Å²) in [7, 11) is 3.10. The summed E-state index contributed by atoms with van der Waals surface area (Å²) in [5, 5.41) is 2.59. The van der Waals surface area contributed by atoms with Crippen molar-refractivity contribution in [3.63, 3.8) is 0 Å². The van der Waals surface area contributed by atoms with E-state index in [2.05, 4.69) is 5.32 Å². The van der Waals surface area contributed by atoms with E-state index in [9.17, 15) is 9.59 Å². The molecule has 31 heavy (non-hydrogen) atoms. The molecule has 2 aromatic rings. The number of methoxy groups -OCH3 is 2. The van der Waals surface area contributed by atoms with Crippen molar-refractivity contribution in [3.8, 4) is 17.2 Å². The molecule has 0 radical (unpaired) electrons. The van der Waals surface area contributed by atoms with Gasteiger partial charge in [0.25, 0.3) is 11.8 Å². The lowest BCUT2D eigenvalue weighted by Gasteiger charge is -2.29. The van der Waals surface area contributed by atoms with Crippen molar-refractivity contribution in [3.05, 3.63) is 53.6 Å². The Morgan fingerprint density at radius 1 is 1.06 bits per heavy atom. The fourth-order valence-electron chi connectivity index (χ4n) is 2.96. The highest BCUT2D eigenvalue weighted by Crippen LogP contribution is 2.31. The number of benzene rings is 2. The first kappa shape index (κ1) is 22.3. The maximum Gasteiger partial charge on any atom is 0.270 e. The number of hydrogen-bond acceptors (Lipinski definition) is 6. The SMILES string of the molecule is CCC(C)Oc1ccc(/C=C2\C(=O)NC(=S)N(c3ccc(OC)cc3)C2=O)cc1OC. The predicted molar refractivity (Wildman–Crippen MR) is 123 cm³/mol. The molecule has 1 heterocycles. The zero-order valence-corrected chi connectivity index (χ0v) is 18.6. The van der Waals surface area contributed by atoms with E-state index >= 15 is 0 Å². The van der Waals surface area contributed by atoms with Crippen molar-refractivity contribution in [2.24, 2.45) is 0 Å². The fraction of sp³-hybridized carbons (Fsp3) is 0.261. The number of nitrogens with one attached hydrogen (secondary N) is 1. The van der Waals surface area contributed by atoms with E-state index in [1.807, 2.05) is 13.8 Å². The third kappa shape index (κ3) is 4.86. The number of carbonyl (C=O) groups is 2. The van der Waals surface area contributed by atoms with Crippen LogP contribution in [-0.2, 0) is 9.59 Å². The van der Waals surface area contributed by atoms with Gasteiger partial charge < -0.3 is 14.2 Å². The first-order chi connectivity index (χ1) is 14.9. The lowest BCUT2D eigenvalue weighted by molar-refractivity contribution is -0.122. The first-order valence-electron chi connectivity index (χ1n) is 9.78. The minimum atomic E-state index is -0.557. The number of thiocarbonyl (C=S) groups is 1. The maximum atomic E-state index is 13.1. The van der Waals surface area contributed by atoms with Gasteiger partial charge in [-0.1, -0.05) is 13.0 Å².